The predicted molar refractivity (Wildman–Crippen MR) is 57.6 cm³/mol. The Balaban J connectivity index is 2.30. The number of Topliss-reactive ketones (excluding diaryl/α,β-unsaturated/α-hetero) is 1. The van der Waals surface area contributed by atoms with Crippen molar-refractivity contribution in [3.63, 3.8) is 0 Å². The molecule has 0 bridgehead atoms. The standard InChI is InChI=1S/C13H16O/c1-9-3-5-12-6-4-11(7-10(2)14)8-13(9)12/h4,6,8-9H,3,5,7H2,1-2H3. The normalized spacial score (nSPS) is 19.4. The zero-order valence-electron chi connectivity index (χ0n) is 8.84. The minimum atomic E-state index is 0.246. The highest BCUT2D eigenvalue weighted by Crippen LogP contribution is 2.33. The van der Waals surface area contributed by atoms with E-state index in [0.29, 0.717) is 12.3 Å². The molecule has 0 amide bonds. The first-order chi connectivity index (χ1) is 6.66. The molecule has 1 unspecified atom stereocenters. The van der Waals surface area contributed by atoms with Crippen molar-refractivity contribution in [1.29, 1.82) is 0 Å². The molecule has 0 N–H and O–H groups in total. The van der Waals surface area contributed by atoms with Gasteiger partial charge in [0.25, 0.3) is 0 Å². The van der Waals surface area contributed by atoms with Crippen LogP contribution in [0.1, 0.15) is 42.9 Å². The number of hydrogen-bond acceptors (Lipinski definition) is 1. The van der Waals surface area contributed by atoms with Crippen molar-refractivity contribution in [2.75, 3.05) is 0 Å². The zero-order valence-corrected chi connectivity index (χ0v) is 8.84. The highest BCUT2D eigenvalue weighted by Gasteiger charge is 2.18. The second-order valence-electron chi connectivity index (χ2n) is 4.35. The minimum absolute atomic E-state index is 0.246. The Morgan fingerprint density at radius 2 is 2.29 bits per heavy atom. The van der Waals surface area contributed by atoms with Crippen LogP contribution in [0.15, 0.2) is 18.2 Å². The lowest BCUT2D eigenvalue weighted by Gasteiger charge is -2.06. The summed E-state index contributed by atoms with van der Waals surface area (Å²) in [6.07, 6.45) is 3.05. The third-order valence-electron chi connectivity index (χ3n) is 3.04. The maximum Gasteiger partial charge on any atom is 0.134 e. The van der Waals surface area contributed by atoms with Crippen LogP contribution >= 0.6 is 0 Å². The first kappa shape index (κ1) is 9.45. The average Bonchev–Trinajstić information content (AvgIpc) is 2.47. The van der Waals surface area contributed by atoms with Gasteiger partial charge >= 0.3 is 0 Å². The molecule has 1 aliphatic carbocycles. The molecule has 1 heteroatoms. The molecular formula is C13H16O. The second kappa shape index (κ2) is 3.56. The van der Waals surface area contributed by atoms with Crippen molar-refractivity contribution in [1.82, 2.24) is 0 Å². The van der Waals surface area contributed by atoms with Gasteiger partial charge in [-0.05, 0) is 42.4 Å². The Hall–Kier alpha value is -1.11. The Labute approximate surface area is 85.1 Å². The molecular weight excluding hydrogens is 172 g/mol. The number of carbonyl (C=O) groups is 1. The molecule has 74 valence electrons. The third-order valence-corrected chi connectivity index (χ3v) is 3.04. The molecule has 1 aromatic carbocycles. The van der Waals surface area contributed by atoms with E-state index in [2.05, 4.69) is 25.1 Å². The van der Waals surface area contributed by atoms with Crippen molar-refractivity contribution in [2.24, 2.45) is 0 Å². The summed E-state index contributed by atoms with van der Waals surface area (Å²) in [5.41, 5.74) is 4.11. The molecule has 1 nitrogen and oxygen atoms in total. The number of hydrogen-bond donors (Lipinski definition) is 0. The Kier molecular flexibility index (Phi) is 2.40. The molecule has 0 radical (unpaired) electrons. The molecule has 0 aliphatic heterocycles. The van der Waals surface area contributed by atoms with Gasteiger partial charge in [-0.2, -0.15) is 0 Å². The van der Waals surface area contributed by atoms with Crippen molar-refractivity contribution < 1.29 is 4.79 Å². The highest BCUT2D eigenvalue weighted by atomic mass is 16.1. The lowest BCUT2D eigenvalue weighted by molar-refractivity contribution is -0.116. The van der Waals surface area contributed by atoms with Crippen LogP contribution in [0.4, 0.5) is 0 Å². The topological polar surface area (TPSA) is 17.1 Å². The molecule has 1 aromatic rings. The molecule has 0 fully saturated rings. The van der Waals surface area contributed by atoms with Crippen LogP contribution in [0.2, 0.25) is 0 Å². The number of ketones is 1. The van der Waals surface area contributed by atoms with Gasteiger partial charge in [-0.1, -0.05) is 25.1 Å². The van der Waals surface area contributed by atoms with E-state index in [9.17, 15) is 4.79 Å². The van der Waals surface area contributed by atoms with E-state index in [1.165, 1.54) is 29.5 Å². The Bertz CT molecular complexity index is 365. The van der Waals surface area contributed by atoms with Crippen molar-refractivity contribution in [3.05, 3.63) is 34.9 Å². The first-order valence-corrected chi connectivity index (χ1v) is 5.28. The highest BCUT2D eigenvalue weighted by molar-refractivity contribution is 5.78. The van der Waals surface area contributed by atoms with E-state index < -0.39 is 0 Å². The fourth-order valence-corrected chi connectivity index (χ4v) is 2.26. The maximum absolute atomic E-state index is 11.0. The fourth-order valence-electron chi connectivity index (χ4n) is 2.26. The van der Waals surface area contributed by atoms with Crippen molar-refractivity contribution >= 4 is 5.78 Å². The van der Waals surface area contributed by atoms with Crippen LogP contribution < -0.4 is 0 Å². The number of aryl methyl sites for hydroxylation is 1. The van der Waals surface area contributed by atoms with Crippen molar-refractivity contribution in [2.45, 2.75) is 39.0 Å². The molecule has 14 heavy (non-hydrogen) atoms. The largest absolute Gasteiger partial charge is 0.300 e. The van der Waals surface area contributed by atoms with E-state index in [-0.39, 0.29) is 5.78 Å². The lowest BCUT2D eigenvalue weighted by atomic mass is 9.99. The molecule has 0 saturated carbocycles. The average molecular weight is 188 g/mol. The van der Waals surface area contributed by atoms with Gasteiger partial charge in [0.15, 0.2) is 0 Å². The van der Waals surface area contributed by atoms with Gasteiger partial charge in [0.1, 0.15) is 5.78 Å². The summed E-state index contributed by atoms with van der Waals surface area (Å²) in [7, 11) is 0. The molecule has 1 atom stereocenters. The molecule has 0 aromatic heterocycles. The van der Waals surface area contributed by atoms with E-state index in [1.54, 1.807) is 6.92 Å². The quantitative estimate of drug-likeness (QED) is 0.697. The number of carbonyl (C=O) groups excluding carboxylic acids is 1. The van der Waals surface area contributed by atoms with Gasteiger partial charge in [0, 0.05) is 6.42 Å². The lowest BCUT2D eigenvalue weighted by Crippen LogP contribution is -1.98. The second-order valence-corrected chi connectivity index (χ2v) is 4.35. The van der Waals surface area contributed by atoms with Crippen LogP contribution in [-0.4, -0.2) is 5.78 Å². The van der Waals surface area contributed by atoms with Crippen LogP contribution in [-0.2, 0) is 17.6 Å². The molecule has 0 spiro atoms. The predicted octanol–water partition coefficient (Wildman–Crippen LogP) is 2.87. The monoisotopic (exact) mass is 188 g/mol. The smallest absolute Gasteiger partial charge is 0.134 e. The van der Waals surface area contributed by atoms with Crippen LogP contribution in [0.3, 0.4) is 0 Å². The minimum Gasteiger partial charge on any atom is -0.300 e. The fraction of sp³-hybridized carbons (Fsp3) is 0.462. The third kappa shape index (κ3) is 1.72. The summed E-state index contributed by atoms with van der Waals surface area (Å²) < 4.78 is 0. The first-order valence-electron chi connectivity index (χ1n) is 5.28. The molecule has 1 aliphatic rings. The number of benzene rings is 1. The number of fused-ring (bicyclic) bond motifs is 1. The number of rotatable bonds is 2. The van der Waals surface area contributed by atoms with Gasteiger partial charge in [-0.15, -0.1) is 0 Å². The van der Waals surface area contributed by atoms with Gasteiger partial charge in [0.05, 0.1) is 0 Å². The van der Waals surface area contributed by atoms with E-state index in [1.807, 2.05) is 0 Å². The van der Waals surface area contributed by atoms with Crippen LogP contribution in [0.25, 0.3) is 0 Å². The van der Waals surface area contributed by atoms with Gasteiger partial charge in [-0.3, -0.25) is 4.79 Å². The van der Waals surface area contributed by atoms with E-state index >= 15 is 0 Å². The van der Waals surface area contributed by atoms with Crippen molar-refractivity contribution in [3.8, 4) is 0 Å². The van der Waals surface area contributed by atoms with E-state index in [0.717, 1.165) is 0 Å². The molecule has 2 rings (SSSR count). The summed E-state index contributed by atoms with van der Waals surface area (Å²) in [5, 5.41) is 0. The summed E-state index contributed by atoms with van der Waals surface area (Å²) in [6, 6.07) is 6.50. The summed E-state index contributed by atoms with van der Waals surface area (Å²) in [6.45, 7) is 3.92. The van der Waals surface area contributed by atoms with Crippen LogP contribution in [0, 0.1) is 0 Å². The van der Waals surface area contributed by atoms with Gasteiger partial charge < -0.3 is 0 Å². The Morgan fingerprint density at radius 1 is 1.50 bits per heavy atom. The molecule has 0 saturated heterocycles. The summed E-state index contributed by atoms with van der Waals surface area (Å²) in [4.78, 5) is 11.0. The van der Waals surface area contributed by atoms with E-state index in [4.69, 9.17) is 0 Å². The van der Waals surface area contributed by atoms with Crippen LogP contribution in [0.5, 0.6) is 0 Å². The SMILES string of the molecule is CC(=O)Cc1ccc2c(c1)C(C)CC2. The zero-order chi connectivity index (χ0) is 10.1. The van der Waals surface area contributed by atoms with Gasteiger partial charge in [0.2, 0.25) is 0 Å². The maximum atomic E-state index is 11.0. The Morgan fingerprint density at radius 3 is 3.00 bits per heavy atom. The molecule has 0 heterocycles. The summed E-state index contributed by atoms with van der Waals surface area (Å²) >= 11 is 0. The van der Waals surface area contributed by atoms with Gasteiger partial charge in [-0.25, -0.2) is 0 Å². The summed E-state index contributed by atoms with van der Waals surface area (Å²) in [5.74, 6) is 0.924.